The van der Waals surface area contributed by atoms with Crippen LogP contribution in [0.5, 0.6) is 0 Å². The molecule has 1 atom stereocenters. The van der Waals surface area contributed by atoms with E-state index in [1.165, 1.54) is 4.90 Å². The molecular weight excluding hydrogens is 242 g/mol. The predicted octanol–water partition coefficient (Wildman–Crippen LogP) is 1.31. The lowest BCUT2D eigenvalue weighted by molar-refractivity contribution is -0.131. The van der Waals surface area contributed by atoms with Gasteiger partial charge in [0, 0.05) is 20.3 Å². The second-order valence-electron chi connectivity index (χ2n) is 5.10. The lowest BCUT2D eigenvalue weighted by atomic mass is 10.0. The van der Waals surface area contributed by atoms with Crippen molar-refractivity contribution in [1.82, 2.24) is 15.2 Å². The molecule has 1 N–H and O–H groups in total. The zero-order valence-electron chi connectivity index (χ0n) is 11.9. The highest BCUT2D eigenvalue weighted by Crippen LogP contribution is 2.08. The number of hydrogen-bond donors (Lipinski definition) is 1. The molecule has 2 amide bonds. The van der Waals surface area contributed by atoms with Crippen LogP contribution in [0.2, 0.25) is 0 Å². The van der Waals surface area contributed by atoms with Crippen LogP contribution in [0.3, 0.4) is 0 Å². The molecule has 0 saturated heterocycles. The molecule has 0 spiro atoms. The maximum Gasteiger partial charge on any atom is 0.270 e. The number of likely N-dealkylation sites (N-methyl/N-ethyl adjacent to an activating group) is 1. The molecule has 1 heterocycles. The molecule has 0 aliphatic carbocycles. The van der Waals surface area contributed by atoms with Gasteiger partial charge in [0.25, 0.3) is 5.91 Å². The Morgan fingerprint density at radius 3 is 2.47 bits per heavy atom. The fraction of sp³-hybridized carbons (Fsp3) is 0.500. The van der Waals surface area contributed by atoms with Crippen LogP contribution in [0, 0.1) is 5.92 Å². The first-order valence-corrected chi connectivity index (χ1v) is 6.35. The number of rotatable bonds is 5. The summed E-state index contributed by atoms with van der Waals surface area (Å²) in [4.78, 5) is 29.5. The van der Waals surface area contributed by atoms with Crippen LogP contribution in [-0.4, -0.2) is 41.8 Å². The minimum atomic E-state index is -0.510. The van der Waals surface area contributed by atoms with Gasteiger partial charge < -0.3 is 10.2 Å². The number of nitrogens with one attached hydrogen (secondary N) is 1. The highest BCUT2D eigenvalue weighted by atomic mass is 16.2. The van der Waals surface area contributed by atoms with Crippen LogP contribution in [-0.2, 0) is 4.79 Å². The summed E-state index contributed by atoms with van der Waals surface area (Å²) in [5, 5.41) is 2.75. The Labute approximate surface area is 114 Å². The van der Waals surface area contributed by atoms with Crippen LogP contribution in [0.15, 0.2) is 24.4 Å². The second kappa shape index (κ2) is 6.87. The number of nitrogens with zero attached hydrogens (tertiary/aromatic N) is 2. The molecule has 5 heteroatoms. The maximum atomic E-state index is 12.0. The molecule has 0 aromatic carbocycles. The lowest BCUT2D eigenvalue weighted by Gasteiger charge is -2.23. The van der Waals surface area contributed by atoms with Crippen molar-refractivity contribution in [3.05, 3.63) is 30.1 Å². The average molecular weight is 263 g/mol. The summed E-state index contributed by atoms with van der Waals surface area (Å²) in [6.07, 6.45) is 2.16. The molecule has 0 radical (unpaired) electrons. The first-order chi connectivity index (χ1) is 8.91. The molecule has 0 bridgehead atoms. The predicted molar refractivity (Wildman–Crippen MR) is 73.6 cm³/mol. The lowest BCUT2D eigenvalue weighted by Crippen LogP contribution is -2.47. The largest absolute Gasteiger partial charge is 0.347 e. The fourth-order valence-corrected chi connectivity index (χ4v) is 1.73. The molecule has 0 unspecified atom stereocenters. The van der Waals surface area contributed by atoms with Crippen LogP contribution < -0.4 is 5.32 Å². The average Bonchev–Trinajstić information content (AvgIpc) is 2.37. The van der Waals surface area contributed by atoms with E-state index >= 15 is 0 Å². The van der Waals surface area contributed by atoms with Crippen molar-refractivity contribution >= 4 is 11.8 Å². The molecule has 0 aliphatic heterocycles. The highest BCUT2D eigenvalue weighted by molar-refractivity contribution is 5.95. The zero-order valence-corrected chi connectivity index (χ0v) is 11.9. The van der Waals surface area contributed by atoms with Gasteiger partial charge in [0.05, 0.1) is 0 Å². The quantitative estimate of drug-likeness (QED) is 0.871. The van der Waals surface area contributed by atoms with Gasteiger partial charge >= 0.3 is 0 Å². The van der Waals surface area contributed by atoms with E-state index in [0.717, 1.165) is 0 Å². The van der Waals surface area contributed by atoms with Crippen LogP contribution in [0.25, 0.3) is 0 Å². The van der Waals surface area contributed by atoms with Crippen molar-refractivity contribution in [2.75, 3.05) is 14.1 Å². The van der Waals surface area contributed by atoms with Gasteiger partial charge in [0.2, 0.25) is 5.91 Å². The molecular formula is C14H21N3O2. The Kier molecular flexibility index (Phi) is 5.48. The molecule has 19 heavy (non-hydrogen) atoms. The van der Waals surface area contributed by atoms with Gasteiger partial charge in [-0.1, -0.05) is 19.9 Å². The summed E-state index contributed by atoms with van der Waals surface area (Å²) in [6.45, 7) is 4.03. The maximum absolute atomic E-state index is 12.0. The van der Waals surface area contributed by atoms with E-state index in [0.29, 0.717) is 18.0 Å². The van der Waals surface area contributed by atoms with E-state index in [9.17, 15) is 9.59 Å². The Balaban J connectivity index is 2.77. The summed E-state index contributed by atoms with van der Waals surface area (Å²) in [7, 11) is 3.37. The highest BCUT2D eigenvalue weighted by Gasteiger charge is 2.24. The van der Waals surface area contributed by atoms with E-state index in [-0.39, 0.29) is 11.8 Å². The smallest absolute Gasteiger partial charge is 0.270 e. The summed E-state index contributed by atoms with van der Waals surface area (Å²) in [5.74, 6) is -0.0997. The van der Waals surface area contributed by atoms with Crippen molar-refractivity contribution < 1.29 is 9.59 Å². The molecule has 0 saturated carbocycles. The van der Waals surface area contributed by atoms with Gasteiger partial charge in [-0.15, -0.1) is 0 Å². The molecule has 1 aromatic rings. The van der Waals surface area contributed by atoms with Gasteiger partial charge in [-0.3, -0.25) is 14.6 Å². The van der Waals surface area contributed by atoms with Crippen molar-refractivity contribution in [2.24, 2.45) is 5.92 Å². The number of carbonyl (C=O) groups is 2. The number of pyridine rings is 1. The summed E-state index contributed by atoms with van der Waals surface area (Å²) in [5.41, 5.74) is 0.322. The third kappa shape index (κ3) is 4.69. The first-order valence-electron chi connectivity index (χ1n) is 6.35. The van der Waals surface area contributed by atoms with Crippen molar-refractivity contribution in [1.29, 1.82) is 0 Å². The number of carbonyl (C=O) groups excluding carboxylic acids is 2. The number of hydrogen-bond acceptors (Lipinski definition) is 3. The van der Waals surface area contributed by atoms with Gasteiger partial charge in [0.1, 0.15) is 11.7 Å². The standard InChI is InChI=1S/C14H21N3O2/c1-10(2)9-12(14(19)17(3)4)16-13(18)11-7-5-6-8-15-11/h5-8,10,12H,9H2,1-4H3,(H,16,18)/t12-/m1/s1. The Morgan fingerprint density at radius 2 is 2.00 bits per heavy atom. The molecule has 0 fully saturated rings. The van der Waals surface area contributed by atoms with Crippen LogP contribution >= 0.6 is 0 Å². The summed E-state index contributed by atoms with van der Waals surface area (Å²) >= 11 is 0. The fourth-order valence-electron chi connectivity index (χ4n) is 1.73. The normalized spacial score (nSPS) is 12.1. The zero-order chi connectivity index (χ0) is 14.4. The minimum Gasteiger partial charge on any atom is -0.347 e. The topological polar surface area (TPSA) is 62.3 Å². The van der Waals surface area contributed by atoms with Crippen LogP contribution in [0.1, 0.15) is 30.8 Å². The van der Waals surface area contributed by atoms with Gasteiger partial charge in [-0.2, -0.15) is 0 Å². The van der Waals surface area contributed by atoms with Crippen molar-refractivity contribution in [3.8, 4) is 0 Å². The monoisotopic (exact) mass is 263 g/mol. The van der Waals surface area contributed by atoms with Crippen LogP contribution in [0.4, 0.5) is 0 Å². The van der Waals surface area contributed by atoms with E-state index in [2.05, 4.69) is 10.3 Å². The molecule has 1 rings (SSSR count). The van der Waals surface area contributed by atoms with E-state index < -0.39 is 6.04 Å². The minimum absolute atomic E-state index is 0.0991. The van der Waals surface area contributed by atoms with E-state index in [1.807, 2.05) is 13.8 Å². The van der Waals surface area contributed by atoms with E-state index in [4.69, 9.17) is 0 Å². The first kappa shape index (κ1) is 15.1. The number of aromatic nitrogens is 1. The van der Waals surface area contributed by atoms with E-state index in [1.54, 1.807) is 38.5 Å². The third-order valence-electron chi connectivity index (χ3n) is 2.65. The van der Waals surface area contributed by atoms with Crippen molar-refractivity contribution in [2.45, 2.75) is 26.3 Å². The van der Waals surface area contributed by atoms with Gasteiger partial charge in [-0.05, 0) is 24.5 Å². The van der Waals surface area contributed by atoms with Crippen molar-refractivity contribution in [3.63, 3.8) is 0 Å². The molecule has 5 nitrogen and oxygen atoms in total. The molecule has 1 aromatic heterocycles. The molecule has 104 valence electrons. The van der Waals surface area contributed by atoms with Gasteiger partial charge in [-0.25, -0.2) is 0 Å². The van der Waals surface area contributed by atoms with Gasteiger partial charge in [0.15, 0.2) is 0 Å². The summed E-state index contributed by atoms with van der Waals surface area (Å²) in [6, 6.07) is 4.60. The molecule has 0 aliphatic rings. The second-order valence-corrected chi connectivity index (χ2v) is 5.10. The SMILES string of the molecule is CC(C)C[C@@H](NC(=O)c1ccccn1)C(=O)N(C)C. The number of amides is 2. The Morgan fingerprint density at radius 1 is 1.32 bits per heavy atom. The Bertz CT molecular complexity index is 430. The summed E-state index contributed by atoms with van der Waals surface area (Å²) < 4.78 is 0. The Hall–Kier alpha value is -1.91. The third-order valence-corrected chi connectivity index (χ3v) is 2.65.